The van der Waals surface area contributed by atoms with Gasteiger partial charge in [-0.25, -0.2) is 13.2 Å². The quantitative estimate of drug-likeness (QED) is 0.502. The lowest BCUT2D eigenvalue weighted by molar-refractivity contribution is -0.145. The first kappa shape index (κ1) is 26.3. The topological polar surface area (TPSA) is 119 Å². The largest absolute Gasteiger partial charge is 0.462 e. The molecule has 1 heterocycles. The standard InChI is InChI=1S/C22H28N2O7S2/c1-6-16-15(4)32-21(20(16)22(27)30-7-2)23-18(25)13-31-19(26)12-24(33(5,28)29)17-11-9-8-10-14(17)3/h8-11H,6-7,12-13H2,1-5H3,(H,23,25). The highest BCUT2D eigenvalue weighted by molar-refractivity contribution is 7.92. The Kier molecular flexibility index (Phi) is 9.00. The van der Waals surface area contributed by atoms with E-state index in [-0.39, 0.29) is 6.61 Å². The number of carbonyl (C=O) groups is 3. The Morgan fingerprint density at radius 3 is 2.33 bits per heavy atom. The summed E-state index contributed by atoms with van der Waals surface area (Å²) in [6.07, 6.45) is 1.57. The number of hydrogen-bond acceptors (Lipinski definition) is 8. The summed E-state index contributed by atoms with van der Waals surface area (Å²) in [5.41, 5.74) is 2.10. The molecular formula is C22H28N2O7S2. The van der Waals surface area contributed by atoms with Crippen LogP contribution in [0.25, 0.3) is 0 Å². The molecule has 1 aromatic carbocycles. The summed E-state index contributed by atoms with van der Waals surface area (Å²) in [5.74, 6) is -2.08. The smallest absolute Gasteiger partial charge is 0.341 e. The molecule has 2 rings (SSSR count). The van der Waals surface area contributed by atoms with Crippen molar-refractivity contribution < 1.29 is 32.3 Å². The Balaban J connectivity index is 2.08. The fourth-order valence-corrected chi connectivity index (χ4v) is 5.26. The highest BCUT2D eigenvalue weighted by Crippen LogP contribution is 2.34. The minimum atomic E-state index is -3.77. The predicted molar refractivity (Wildman–Crippen MR) is 127 cm³/mol. The van der Waals surface area contributed by atoms with E-state index in [1.54, 1.807) is 38.1 Å². The van der Waals surface area contributed by atoms with Gasteiger partial charge in [0, 0.05) is 4.88 Å². The van der Waals surface area contributed by atoms with E-state index in [4.69, 9.17) is 9.47 Å². The van der Waals surface area contributed by atoms with E-state index in [0.29, 0.717) is 28.2 Å². The Morgan fingerprint density at radius 1 is 1.09 bits per heavy atom. The number of rotatable bonds is 10. The number of carbonyl (C=O) groups excluding carboxylic acids is 3. The number of sulfonamides is 1. The zero-order valence-corrected chi connectivity index (χ0v) is 20.9. The molecule has 0 bridgehead atoms. The van der Waals surface area contributed by atoms with Crippen molar-refractivity contribution in [3.05, 3.63) is 45.8 Å². The second-order valence-electron chi connectivity index (χ2n) is 7.18. The van der Waals surface area contributed by atoms with Gasteiger partial charge in [0.25, 0.3) is 5.91 Å². The van der Waals surface area contributed by atoms with Gasteiger partial charge in [0.2, 0.25) is 10.0 Å². The summed E-state index contributed by atoms with van der Waals surface area (Å²) in [6, 6.07) is 6.72. The van der Waals surface area contributed by atoms with Crippen molar-refractivity contribution in [2.75, 3.05) is 35.6 Å². The van der Waals surface area contributed by atoms with E-state index in [2.05, 4.69) is 5.32 Å². The van der Waals surface area contributed by atoms with Gasteiger partial charge in [0.05, 0.1) is 24.1 Å². The zero-order chi connectivity index (χ0) is 24.8. The van der Waals surface area contributed by atoms with Crippen LogP contribution in [0.15, 0.2) is 24.3 Å². The van der Waals surface area contributed by atoms with Gasteiger partial charge in [-0.2, -0.15) is 0 Å². The number of aryl methyl sites for hydroxylation is 2. The van der Waals surface area contributed by atoms with Crippen LogP contribution in [0.2, 0.25) is 0 Å². The van der Waals surface area contributed by atoms with Gasteiger partial charge < -0.3 is 14.8 Å². The van der Waals surface area contributed by atoms with Crippen molar-refractivity contribution in [3.8, 4) is 0 Å². The maximum Gasteiger partial charge on any atom is 0.341 e. The number of amides is 1. The Labute approximate surface area is 197 Å². The molecule has 1 aromatic heterocycles. The van der Waals surface area contributed by atoms with Crippen LogP contribution < -0.4 is 9.62 Å². The molecule has 0 aliphatic rings. The highest BCUT2D eigenvalue weighted by Gasteiger charge is 2.25. The number of para-hydroxylation sites is 1. The molecule has 0 atom stereocenters. The summed E-state index contributed by atoms with van der Waals surface area (Å²) in [7, 11) is -3.77. The maximum absolute atomic E-state index is 12.4. The number of esters is 2. The van der Waals surface area contributed by atoms with Gasteiger partial charge in [-0.1, -0.05) is 25.1 Å². The van der Waals surface area contributed by atoms with Crippen molar-refractivity contribution in [2.24, 2.45) is 0 Å². The molecule has 0 fully saturated rings. The number of hydrogen-bond donors (Lipinski definition) is 1. The summed E-state index contributed by atoms with van der Waals surface area (Å²) in [5, 5.41) is 2.92. The number of nitrogens with zero attached hydrogens (tertiary/aromatic N) is 1. The number of thiophene rings is 1. The van der Waals surface area contributed by atoms with Crippen molar-refractivity contribution in [1.82, 2.24) is 0 Å². The predicted octanol–water partition coefficient (Wildman–Crippen LogP) is 3.05. The third kappa shape index (κ3) is 6.78. The lowest BCUT2D eigenvalue weighted by Gasteiger charge is -2.23. The van der Waals surface area contributed by atoms with Crippen molar-refractivity contribution in [1.29, 1.82) is 0 Å². The summed E-state index contributed by atoms with van der Waals surface area (Å²) in [6.45, 7) is 6.13. The lowest BCUT2D eigenvalue weighted by Crippen LogP contribution is -2.37. The van der Waals surface area contributed by atoms with Gasteiger partial charge in [0.15, 0.2) is 6.61 Å². The second-order valence-corrected chi connectivity index (χ2v) is 10.3. The van der Waals surface area contributed by atoms with E-state index < -0.39 is 41.0 Å². The van der Waals surface area contributed by atoms with Crippen molar-refractivity contribution in [3.63, 3.8) is 0 Å². The maximum atomic E-state index is 12.4. The lowest BCUT2D eigenvalue weighted by atomic mass is 10.1. The normalized spacial score (nSPS) is 11.1. The van der Waals surface area contributed by atoms with Crippen LogP contribution in [0.4, 0.5) is 10.7 Å². The number of nitrogens with one attached hydrogen (secondary N) is 1. The minimum Gasteiger partial charge on any atom is -0.462 e. The molecule has 0 aliphatic heterocycles. The molecule has 0 aliphatic carbocycles. The molecule has 1 amide bonds. The fourth-order valence-electron chi connectivity index (χ4n) is 3.21. The molecule has 2 aromatic rings. The number of ether oxygens (including phenoxy) is 2. The van der Waals surface area contributed by atoms with Crippen LogP contribution >= 0.6 is 11.3 Å². The number of anilines is 2. The third-order valence-electron chi connectivity index (χ3n) is 4.72. The van der Waals surface area contributed by atoms with Crippen LogP contribution in [0, 0.1) is 13.8 Å². The van der Waals surface area contributed by atoms with E-state index in [1.165, 1.54) is 11.3 Å². The van der Waals surface area contributed by atoms with E-state index in [1.807, 2.05) is 13.8 Å². The first-order chi connectivity index (χ1) is 15.5. The van der Waals surface area contributed by atoms with Crippen LogP contribution in [0.3, 0.4) is 0 Å². The highest BCUT2D eigenvalue weighted by atomic mass is 32.2. The monoisotopic (exact) mass is 496 g/mol. The van der Waals surface area contributed by atoms with Crippen LogP contribution in [0.1, 0.15) is 40.2 Å². The molecule has 9 nitrogen and oxygen atoms in total. The van der Waals surface area contributed by atoms with Gasteiger partial charge >= 0.3 is 11.9 Å². The summed E-state index contributed by atoms with van der Waals surface area (Å²) < 4.78 is 35.5. The fraction of sp³-hybridized carbons (Fsp3) is 0.409. The molecule has 33 heavy (non-hydrogen) atoms. The summed E-state index contributed by atoms with van der Waals surface area (Å²) in [4.78, 5) is 38.0. The van der Waals surface area contributed by atoms with Gasteiger partial charge in [-0.15, -0.1) is 11.3 Å². The van der Waals surface area contributed by atoms with E-state index in [9.17, 15) is 22.8 Å². The molecule has 11 heteroatoms. The van der Waals surface area contributed by atoms with Crippen molar-refractivity contribution >= 4 is 49.9 Å². The Bertz CT molecular complexity index is 1140. The Morgan fingerprint density at radius 2 is 1.76 bits per heavy atom. The number of benzene rings is 1. The molecule has 1 N–H and O–H groups in total. The summed E-state index contributed by atoms with van der Waals surface area (Å²) >= 11 is 1.23. The molecule has 0 spiro atoms. The van der Waals surface area contributed by atoms with E-state index >= 15 is 0 Å². The van der Waals surface area contributed by atoms with Crippen LogP contribution in [-0.4, -0.2) is 52.3 Å². The molecular weight excluding hydrogens is 468 g/mol. The average molecular weight is 497 g/mol. The van der Waals surface area contributed by atoms with Crippen molar-refractivity contribution in [2.45, 2.75) is 34.1 Å². The minimum absolute atomic E-state index is 0.194. The zero-order valence-electron chi connectivity index (χ0n) is 19.3. The molecule has 0 saturated carbocycles. The molecule has 180 valence electrons. The van der Waals surface area contributed by atoms with E-state index in [0.717, 1.165) is 21.0 Å². The SMILES string of the molecule is CCOC(=O)c1c(NC(=O)COC(=O)CN(c2ccccc2C)S(C)(=O)=O)sc(C)c1CC. The van der Waals surface area contributed by atoms with Crippen LogP contribution in [-0.2, 0) is 35.5 Å². The average Bonchev–Trinajstić information content (AvgIpc) is 3.05. The van der Waals surface area contributed by atoms with Crippen LogP contribution in [0.5, 0.6) is 0 Å². The van der Waals surface area contributed by atoms with Gasteiger partial charge in [-0.3, -0.25) is 13.9 Å². The molecule has 0 unspecified atom stereocenters. The molecule has 0 radical (unpaired) electrons. The molecule has 0 saturated heterocycles. The second kappa shape index (κ2) is 11.3. The first-order valence-electron chi connectivity index (χ1n) is 10.3. The van der Waals surface area contributed by atoms with Gasteiger partial charge in [-0.05, 0) is 44.4 Å². The third-order valence-corrected chi connectivity index (χ3v) is 6.91. The Hall–Kier alpha value is -2.92. The first-order valence-corrected chi connectivity index (χ1v) is 12.9. The van der Waals surface area contributed by atoms with Gasteiger partial charge in [0.1, 0.15) is 11.5 Å².